The molecule has 0 aliphatic carbocycles. The number of pyridine rings is 1. The van der Waals surface area contributed by atoms with Crippen molar-refractivity contribution < 1.29 is 37.8 Å². The van der Waals surface area contributed by atoms with E-state index in [1.807, 2.05) is 24.4 Å². The zero-order valence-electron chi connectivity index (χ0n) is 17.5. The highest BCUT2D eigenvalue weighted by atomic mass is 16.7. The van der Waals surface area contributed by atoms with E-state index in [4.69, 9.17) is 28.4 Å². The lowest BCUT2D eigenvalue weighted by atomic mass is 9.94. The summed E-state index contributed by atoms with van der Waals surface area (Å²) in [5.41, 5.74) is 2.79. The molecule has 8 heteroatoms. The van der Waals surface area contributed by atoms with Crippen LogP contribution in [0, 0.1) is 0 Å². The van der Waals surface area contributed by atoms with Gasteiger partial charge in [0.1, 0.15) is 0 Å². The lowest BCUT2D eigenvalue weighted by molar-refractivity contribution is -0.686. The molecule has 0 saturated carbocycles. The molecular weight excluding hydrogens is 402 g/mol. The van der Waals surface area contributed by atoms with Gasteiger partial charge in [-0.25, -0.2) is 4.79 Å². The van der Waals surface area contributed by atoms with Crippen molar-refractivity contribution in [3.63, 3.8) is 0 Å². The quantitative estimate of drug-likeness (QED) is 0.468. The molecule has 5 rings (SSSR count). The minimum Gasteiger partial charge on any atom is -0.493 e. The Hall–Kier alpha value is -3.68. The van der Waals surface area contributed by atoms with Crippen molar-refractivity contribution >= 4 is 16.9 Å². The van der Waals surface area contributed by atoms with E-state index in [9.17, 15) is 4.79 Å². The molecule has 2 aliphatic heterocycles. The fraction of sp³-hybridized carbons (Fsp3) is 0.304. The van der Waals surface area contributed by atoms with Crippen molar-refractivity contribution in [3.8, 4) is 40.0 Å². The van der Waals surface area contributed by atoms with E-state index in [1.165, 1.54) is 0 Å². The van der Waals surface area contributed by atoms with Gasteiger partial charge in [0.25, 0.3) is 5.69 Å². The first-order valence-electron chi connectivity index (χ1n) is 10.0. The van der Waals surface area contributed by atoms with Crippen LogP contribution >= 0.6 is 0 Å². The van der Waals surface area contributed by atoms with Crippen molar-refractivity contribution in [1.82, 2.24) is 0 Å². The topological polar surface area (TPSA) is 76.3 Å². The number of methoxy groups -OCH3 is 2. The Morgan fingerprint density at radius 1 is 1.06 bits per heavy atom. The minimum absolute atomic E-state index is 0.194. The number of aromatic nitrogens is 1. The molecule has 0 N–H and O–H groups in total. The lowest BCUT2D eigenvalue weighted by Gasteiger charge is -2.20. The average molecular weight is 424 g/mol. The van der Waals surface area contributed by atoms with Crippen LogP contribution in [0.4, 0.5) is 4.79 Å². The van der Waals surface area contributed by atoms with Gasteiger partial charge in [-0.05, 0) is 36.8 Å². The number of benzene rings is 2. The van der Waals surface area contributed by atoms with Gasteiger partial charge >= 0.3 is 6.16 Å². The van der Waals surface area contributed by atoms with E-state index in [1.54, 1.807) is 27.2 Å². The van der Waals surface area contributed by atoms with Crippen LogP contribution in [0.3, 0.4) is 0 Å². The molecule has 2 aliphatic rings. The van der Waals surface area contributed by atoms with Crippen molar-refractivity contribution in [2.24, 2.45) is 0 Å². The highest BCUT2D eigenvalue weighted by molar-refractivity contribution is 5.98. The van der Waals surface area contributed by atoms with Crippen molar-refractivity contribution in [1.29, 1.82) is 0 Å². The van der Waals surface area contributed by atoms with Crippen LogP contribution in [0.5, 0.6) is 28.7 Å². The van der Waals surface area contributed by atoms with Crippen molar-refractivity contribution in [3.05, 3.63) is 36.0 Å². The van der Waals surface area contributed by atoms with Gasteiger partial charge in [-0.15, -0.1) is 0 Å². The van der Waals surface area contributed by atoms with E-state index >= 15 is 0 Å². The van der Waals surface area contributed by atoms with Crippen LogP contribution < -0.4 is 28.3 Å². The fourth-order valence-electron chi connectivity index (χ4n) is 4.19. The molecule has 160 valence electrons. The molecule has 0 saturated heterocycles. The maximum atomic E-state index is 12.4. The molecule has 3 heterocycles. The smallest absolute Gasteiger partial charge is 0.493 e. The molecule has 0 unspecified atom stereocenters. The first-order valence-corrected chi connectivity index (χ1v) is 10.0. The number of hydrogen-bond donors (Lipinski definition) is 0. The van der Waals surface area contributed by atoms with Gasteiger partial charge in [-0.1, -0.05) is 0 Å². The Balaban J connectivity index is 1.80. The summed E-state index contributed by atoms with van der Waals surface area (Å²) in [5.74, 6) is 2.96. The van der Waals surface area contributed by atoms with Gasteiger partial charge in [0.05, 0.1) is 31.8 Å². The molecule has 0 radical (unpaired) electrons. The summed E-state index contributed by atoms with van der Waals surface area (Å²) in [4.78, 5) is 12.4. The molecule has 0 atom stereocenters. The lowest BCUT2D eigenvalue weighted by Crippen LogP contribution is -2.40. The van der Waals surface area contributed by atoms with Crippen molar-refractivity contribution in [2.75, 3.05) is 27.6 Å². The summed E-state index contributed by atoms with van der Waals surface area (Å²) in [5, 5.41) is 1.48. The highest BCUT2D eigenvalue weighted by Gasteiger charge is 2.34. The third-order valence-corrected chi connectivity index (χ3v) is 5.54. The number of rotatable bonds is 4. The van der Waals surface area contributed by atoms with Crippen LogP contribution in [0.2, 0.25) is 0 Å². The highest BCUT2D eigenvalue weighted by Crippen LogP contribution is 2.46. The Kier molecular flexibility index (Phi) is 4.69. The maximum Gasteiger partial charge on any atom is 0.514 e. The van der Waals surface area contributed by atoms with Gasteiger partial charge in [-0.2, -0.15) is 4.57 Å². The Labute approximate surface area is 178 Å². The Morgan fingerprint density at radius 2 is 1.87 bits per heavy atom. The third kappa shape index (κ3) is 3.06. The van der Waals surface area contributed by atoms with Gasteiger partial charge < -0.3 is 28.4 Å². The fourth-order valence-corrected chi connectivity index (χ4v) is 4.19. The van der Waals surface area contributed by atoms with E-state index < -0.39 is 6.16 Å². The number of fused-ring (bicyclic) bond motifs is 5. The molecule has 0 amide bonds. The van der Waals surface area contributed by atoms with Crippen LogP contribution in [0.15, 0.2) is 30.5 Å². The van der Waals surface area contributed by atoms with E-state index in [0.29, 0.717) is 34.9 Å². The van der Waals surface area contributed by atoms with Crippen LogP contribution in [-0.4, -0.2) is 33.8 Å². The molecule has 2 aromatic carbocycles. The average Bonchev–Trinajstić information content (AvgIpc) is 3.23. The first kappa shape index (κ1) is 19.3. The number of nitrogens with zero attached hydrogens (tertiary/aromatic N) is 1. The normalized spacial score (nSPS) is 13.4. The van der Waals surface area contributed by atoms with Crippen LogP contribution in [0.25, 0.3) is 22.0 Å². The largest absolute Gasteiger partial charge is 0.514 e. The summed E-state index contributed by atoms with van der Waals surface area (Å²) in [6.45, 7) is 2.83. The molecule has 1 aromatic heterocycles. The van der Waals surface area contributed by atoms with Gasteiger partial charge in [-0.3, -0.25) is 0 Å². The predicted molar refractivity (Wildman–Crippen MR) is 110 cm³/mol. The van der Waals surface area contributed by atoms with Gasteiger partial charge in [0.2, 0.25) is 12.5 Å². The number of ether oxygens (including phenoxy) is 6. The number of carbonyl (C=O) groups is 1. The van der Waals surface area contributed by atoms with E-state index in [0.717, 1.165) is 34.4 Å². The summed E-state index contributed by atoms with van der Waals surface area (Å²) in [7, 11) is 3.17. The first-order chi connectivity index (χ1) is 15.1. The molecule has 0 bridgehead atoms. The van der Waals surface area contributed by atoms with E-state index in [2.05, 4.69) is 4.57 Å². The second-order valence-corrected chi connectivity index (χ2v) is 7.16. The van der Waals surface area contributed by atoms with Crippen molar-refractivity contribution in [2.45, 2.75) is 19.9 Å². The molecule has 0 fully saturated rings. The third-order valence-electron chi connectivity index (χ3n) is 5.54. The summed E-state index contributed by atoms with van der Waals surface area (Å²) in [6.07, 6.45) is 2.03. The SMILES string of the molecule is CCOC(=O)Oc1c2[n+](cc3c(OC)c(OC)ccc13)CCc1cc3c(cc1-2)OCO3. The molecule has 0 spiro atoms. The predicted octanol–water partition coefficient (Wildman–Crippen LogP) is 3.63. The number of hydrogen-bond acceptors (Lipinski definition) is 7. The second-order valence-electron chi connectivity index (χ2n) is 7.16. The molecular formula is C23H22NO7+. The van der Waals surface area contributed by atoms with Gasteiger partial charge in [0, 0.05) is 11.8 Å². The Morgan fingerprint density at radius 3 is 2.61 bits per heavy atom. The van der Waals surface area contributed by atoms with E-state index in [-0.39, 0.29) is 13.4 Å². The molecule has 3 aromatic rings. The van der Waals surface area contributed by atoms with Crippen LogP contribution in [0.1, 0.15) is 12.5 Å². The molecule has 31 heavy (non-hydrogen) atoms. The molecule has 8 nitrogen and oxygen atoms in total. The minimum atomic E-state index is -0.763. The zero-order valence-corrected chi connectivity index (χ0v) is 17.5. The summed E-state index contributed by atoms with van der Waals surface area (Å²) < 4.78 is 35.1. The second kappa shape index (κ2) is 7.54. The standard InChI is InChI=1S/C23H22NO7/c1-4-28-23(25)31-22-14-5-6-17(26-2)21(27-3)16(14)11-24-8-7-13-9-18-19(30-12-29-18)10-15(13)20(22)24/h5-6,9-11H,4,7-8,12H2,1-3H3/q+1. The summed E-state index contributed by atoms with van der Waals surface area (Å²) in [6, 6.07) is 7.58. The zero-order chi connectivity index (χ0) is 21.5. The Bertz CT molecular complexity index is 1200. The van der Waals surface area contributed by atoms with Crippen LogP contribution in [-0.2, 0) is 17.7 Å². The maximum absolute atomic E-state index is 12.4. The number of aryl methyl sites for hydroxylation is 2. The van der Waals surface area contributed by atoms with Gasteiger partial charge in [0.15, 0.2) is 35.7 Å². The summed E-state index contributed by atoms with van der Waals surface area (Å²) >= 11 is 0. The monoisotopic (exact) mass is 424 g/mol. The number of carbonyl (C=O) groups excluding carboxylic acids is 1.